The minimum absolute atomic E-state index is 0.0135. The number of benzene rings is 3. The van der Waals surface area contributed by atoms with Crippen molar-refractivity contribution in [3.8, 4) is 29.1 Å². The number of esters is 1. The van der Waals surface area contributed by atoms with Gasteiger partial charge < -0.3 is 24.7 Å². The topological polar surface area (TPSA) is 104 Å². The lowest BCUT2D eigenvalue weighted by atomic mass is 9.83. The molecule has 3 aromatic carbocycles. The van der Waals surface area contributed by atoms with Crippen LogP contribution in [0, 0.1) is 11.3 Å². The number of fused-ring (bicyclic) bond motifs is 1. The number of aryl methyl sites for hydroxylation is 1. The van der Waals surface area contributed by atoms with Gasteiger partial charge in [-0.25, -0.2) is 4.79 Å². The van der Waals surface area contributed by atoms with E-state index in [0.717, 1.165) is 23.3 Å². The maximum atomic E-state index is 12.7. The fraction of sp³-hybridized carbons (Fsp3) is 0.241. The Kier molecular flexibility index (Phi) is 7.45. The van der Waals surface area contributed by atoms with Gasteiger partial charge in [-0.1, -0.05) is 37.3 Å². The third-order valence-corrected chi connectivity index (χ3v) is 5.91. The molecule has 184 valence electrons. The smallest absolute Gasteiger partial charge is 0.352 e. The Balaban J connectivity index is 1.53. The number of rotatable bonds is 8. The molecule has 4 rings (SSSR count). The van der Waals surface area contributed by atoms with Gasteiger partial charge in [0.25, 0.3) is 0 Å². The molecule has 7 heteroatoms. The van der Waals surface area contributed by atoms with Crippen LogP contribution in [0.25, 0.3) is 0 Å². The number of nitriles is 1. The van der Waals surface area contributed by atoms with Crippen molar-refractivity contribution in [1.82, 2.24) is 0 Å². The average Bonchev–Trinajstić information content (AvgIpc) is 2.89. The lowest BCUT2D eigenvalue weighted by Gasteiger charge is -2.27. The molecule has 36 heavy (non-hydrogen) atoms. The Morgan fingerprint density at radius 1 is 1.03 bits per heavy atom. The SMILES string of the molecule is CCOc1ccc(C2C(C#N)=C(N)Oc3cc(OC(=O)C(C)Oc4ccc(CC)cc4)ccc32)cc1. The van der Waals surface area contributed by atoms with E-state index in [2.05, 4.69) is 13.0 Å². The first-order valence-corrected chi connectivity index (χ1v) is 11.8. The monoisotopic (exact) mass is 484 g/mol. The highest BCUT2D eigenvalue weighted by Gasteiger charge is 2.31. The van der Waals surface area contributed by atoms with Gasteiger partial charge in [-0.2, -0.15) is 5.26 Å². The van der Waals surface area contributed by atoms with Crippen LogP contribution < -0.4 is 24.7 Å². The lowest BCUT2D eigenvalue weighted by molar-refractivity contribution is -0.141. The van der Waals surface area contributed by atoms with Crippen LogP contribution >= 0.6 is 0 Å². The summed E-state index contributed by atoms with van der Waals surface area (Å²) in [5, 5.41) is 9.77. The summed E-state index contributed by atoms with van der Waals surface area (Å²) >= 11 is 0. The third-order valence-electron chi connectivity index (χ3n) is 5.91. The number of hydrogen-bond donors (Lipinski definition) is 1. The van der Waals surface area contributed by atoms with Gasteiger partial charge in [0.1, 0.15) is 34.6 Å². The largest absolute Gasteiger partial charge is 0.494 e. The summed E-state index contributed by atoms with van der Waals surface area (Å²) in [7, 11) is 0. The summed E-state index contributed by atoms with van der Waals surface area (Å²) in [5.74, 6) is 1.07. The minimum atomic E-state index is -0.818. The molecule has 0 fully saturated rings. The van der Waals surface area contributed by atoms with Crippen LogP contribution in [0.2, 0.25) is 0 Å². The van der Waals surface area contributed by atoms with Crippen molar-refractivity contribution < 1.29 is 23.7 Å². The number of nitrogens with zero attached hydrogens (tertiary/aromatic N) is 1. The van der Waals surface area contributed by atoms with Crippen LogP contribution in [0.15, 0.2) is 78.2 Å². The number of allylic oxidation sites excluding steroid dienone is 1. The van der Waals surface area contributed by atoms with Gasteiger partial charge in [0.05, 0.1) is 12.5 Å². The molecule has 0 aromatic heterocycles. The second-order valence-corrected chi connectivity index (χ2v) is 8.31. The Labute approximate surface area is 210 Å². The quantitative estimate of drug-likeness (QED) is 0.344. The molecule has 0 bridgehead atoms. The Bertz CT molecular complexity index is 1310. The number of carbonyl (C=O) groups excluding carboxylic acids is 1. The van der Waals surface area contributed by atoms with E-state index in [1.165, 1.54) is 5.56 Å². The van der Waals surface area contributed by atoms with E-state index in [9.17, 15) is 10.1 Å². The molecule has 2 N–H and O–H groups in total. The van der Waals surface area contributed by atoms with Crippen LogP contribution in [0.4, 0.5) is 0 Å². The van der Waals surface area contributed by atoms with E-state index in [0.29, 0.717) is 23.7 Å². The maximum absolute atomic E-state index is 12.7. The summed E-state index contributed by atoms with van der Waals surface area (Å²) < 4.78 is 22.5. The standard InChI is InChI=1S/C29H28N2O5/c1-4-19-6-10-22(11-7-19)34-18(3)29(32)35-23-14-15-24-26(16-23)36-28(31)25(17-30)27(24)20-8-12-21(13-9-20)33-5-2/h6-16,18,27H,4-5,31H2,1-3H3. The molecule has 2 unspecified atom stereocenters. The van der Waals surface area contributed by atoms with Crippen molar-refractivity contribution in [2.75, 3.05) is 6.61 Å². The zero-order chi connectivity index (χ0) is 25.7. The number of hydrogen-bond acceptors (Lipinski definition) is 7. The number of nitrogens with two attached hydrogens (primary N) is 1. The Hall–Kier alpha value is -4.44. The van der Waals surface area contributed by atoms with Crippen molar-refractivity contribution in [2.24, 2.45) is 5.73 Å². The van der Waals surface area contributed by atoms with Gasteiger partial charge in [-0.05, 0) is 61.7 Å². The molecule has 7 nitrogen and oxygen atoms in total. The molecule has 0 spiro atoms. The first-order valence-electron chi connectivity index (χ1n) is 11.8. The molecule has 0 radical (unpaired) electrons. The third kappa shape index (κ3) is 5.28. The fourth-order valence-electron chi connectivity index (χ4n) is 4.02. The van der Waals surface area contributed by atoms with E-state index in [-0.39, 0.29) is 11.6 Å². The molecule has 0 aliphatic carbocycles. The number of ether oxygens (including phenoxy) is 4. The molecule has 2 atom stereocenters. The van der Waals surface area contributed by atoms with Gasteiger partial charge in [-0.15, -0.1) is 0 Å². The molecule has 0 amide bonds. The fourth-order valence-corrected chi connectivity index (χ4v) is 4.02. The summed E-state index contributed by atoms with van der Waals surface area (Å²) in [6.45, 7) is 6.18. The predicted molar refractivity (Wildman–Crippen MR) is 135 cm³/mol. The molecule has 0 saturated heterocycles. The molecule has 1 aliphatic rings. The van der Waals surface area contributed by atoms with Crippen molar-refractivity contribution in [3.63, 3.8) is 0 Å². The predicted octanol–water partition coefficient (Wildman–Crippen LogP) is 5.24. The van der Waals surface area contributed by atoms with Crippen LogP contribution in [0.5, 0.6) is 23.0 Å². The number of carbonyl (C=O) groups is 1. The van der Waals surface area contributed by atoms with Crippen molar-refractivity contribution >= 4 is 5.97 Å². The van der Waals surface area contributed by atoms with Crippen LogP contribution in [0.1, 0.15) is 43.4 Å². The average molecular weight is 485 g/mol. The van der Waals surface area contributed by atoms with Gasteiger partial charge in [0.15, 0.2) is 6.10 Å². The summed E-state index contributed by atoms with van der Waals surface area (Å²) in [6, 6.07) is 22.3. The van der Waals surface area contributed by atoms with Gasteiger partial charge in [0.2, 0.25) is 5.88 Å². The highest BCUT2D eigenvalue weighted by molar-refractivity contribution is 5.77. The normalized spacial score (nSPS) is 15.2. The summed E-state index contributed by atoms with van der Waals surface area (Å²) in [6.07, 6.45) is 0.106. The van der Waals surface area contributed by atoms with Gasteiger partial charge >= 0.3 is 5.97 Å². The van der Waals surface area contributed by atoms with Crippen LogP contribution in [0.3, 0.4) is 0 Å². The Morgan fingerprint density at radius 2 is 1.69 bits per heavy atom. The zero-order valence-electron chi connectivity index (χ0n) is 20.5. The van der Waals surface area contributed by atoms with Crippen LogP contribution in [-0.2, 0) is 11.2 Å². The highest BCUT2D eigenvalue weighted by atomic mass is 16.6. The minimum Gasteiger partial charge on any atom is -0.494 e. The van der Waals surface area contributed by atoms with E-state index in [1.807, 2.05) is 55.5 Å². The van der Waals surface area contributed by atoms with E-state index in [4.69, 9.17) is 24.7 Å². The van der Waals surface area contributed by atoms with Crippen molar-refractivity contribution in [1.29, 1.82) is 5.26 Å². The van der Waals surface area contributed by atoms with E-state index in [1.54, 1.807) is 25.1 Å². The van der Waals surface area contributed by atoms with Gasteiger partial charge in [-0.3, -0.25) is 0 Å². The van der Waals surface area contributed by atoms with Crippen LogP contribution in [-0.4, -0.2) is 18.7 Å². The second-order valence-electron chi connectivity index (χ2n) is 8.31. The van der Waals surface area contributed by atoms with E-state index < -0.39 is 18.0 Å². The molecule has 1 aliphatic heterocycles. The first-order chi connectivity index (χ1) is 17.4. The molecule has 3 aromatic rings. The molecular weight excluding hydrogens is 456 g/mol. The lowest BCUT2D eigenvalue weighted by Crippen LogP contribution is -2.28. The highest BCUT2D eigenvalue weighted by Crippen LogP contribution is 2.43. The first kappa shape index (κ1) is 24.7. The summed E-state index contributed by atoms with van der Waals surface area (Å²) in [4.78, 5) is 12.7. The molecule has 0 saturated carbocycles. The van der Waals surface area contributed by atoms with Crippen molar-refractivity contribution in [3.05, 3.63) is 94.9 Å². The molecule has 1 heterocycles. The summed E-state index contributed by atoms with van der Waals surface area (Å²) in [5.41, 5.74) is 9.20. The van der Waals surface area contributed by atoms with Crippen molar-refractivity contribution in [2.45, 2.75) is 39.2 Å². The Morgan fingerprint density at radius 3 is 2.33 bits per heavy atom. The van der Waals surface area contributed by atoms with E-state index >= 15 is 0 Å². The zero-order valence-corrected chi connectivity index (χ0v) is 20.5. The maximum Gasteiger partial charge on any atom is 0.352 e. The second kappa shape index (κ2) is 10.9. The van der Waals surface area contributed by atoms with Gasteiger partial charge in [0, 0.05) is 11.6 Å². The molecular formula is C29H28N2O5.